The number of nitrogens with one attached hydrogen (secondary N) is 1. The van der Waals surface area contributed by atoms with Crippen LogP contribution in [0.4, 0.5) is 0 Å². The predicted molar refractivity (Wildman–Crippen MR) is 181 cm³/mol. The van der Waals surface area contributed by atoms with Crippen molar-refractivity contribution in [3.63, 3.8) is 0 Å². The average Bonchev–Trinajstić information content (AvgIpc) is 3.01. The number of ether oxygens (including phenoxy) is 5. The molecule has 0 aromatic heterocycles. The lowest BCUT2D eigenvalue weighted by atomic mass is 9.98. The largest absolute Gasteiger partial charge is 0.463 e. The van der Waals surface area contributed by atoms with Gasteiger partial charge in [0.15, 0.2) is 18.0 Å². The van der Waals surface area contributed by atoms with Crippen LogP contribution in [-0.4, -0.2) is 109 Å². The molecule has 0 bridgehead atoms. The Bertz CT molecular complexity index is 1140. The Kier molecular flexibility index (Phi) is 19.4. The second-order valence-electron chi connectivity index (χ2n) is 11.9. The zero-order valence-corrected chi connectivity index (χ0v) is 30.3. The standard InChI is InChI=1S/C33H51NO11S2/c1-22(35)29(38)33(6,7)45-24(3)31(40)44-23(2)30(39)32(4,5)43-21-26(20-25-12-10-9-11-13-25)34-27(36)14-18-46-47-19-15-28(37)42-17-16-41-8/h9-13,22-24,26,35H,14-21H2,1-8H3,(H,34,36). The number of amides is 1. The third-order valence-corrected chi connectivity index (χ3v) is 9.21. The predicted octanol–water partition coefficient (Wildman–Crippen LogP) is 3.49. The summed E-state index contributed by atoms with van der Waals surface area (Å²) in [7, 11) is 4.51. The molecule has 1 amide bonds. The van der Waals surface area contributed by atoms with Gasteiger partial charge in [0.05, 0.1) is 25.7 Å². The molecule has 0 saturated carbocycles. The summed E-state index contributed by atoms with van der Waals surface area (Å²) in [6.45, 7) is 10.7. The maximum Gasteiger partial charge on any atom is 0.335 e. The average molecular weight is 702 g/mol. The Balaban J connectivity index is 2.68. The van der Waals surface area contributed by atoms with Crippen LogP contribution in [0.25, 0.3) is 0 Å². The van der Waals surface area contributed by atoms with Crippen LogP contribution in [0.1, 0.15) is 66.9 Å². The number of ketones is 2. The minimum atomic E-state index is -1.45. The lowest BCUT2D eigenvalue weighted by Crippen LogP contribution is -2.48. The van der Waals surface area contributed by atoms with E-state index in [1.807, 2.05) is 30.3 Å². The number of methoxy groups -OCH3 is 1. The van der Waals surface area contributed by atoms with Crippen molar-refractivity contribution < 1.29 is 52.8 Å². The lowest BCUT2D eigenvalue weighted by molar-refractivity contribution is -0.180. The Labute approximate surface area is 286 Å². The van der Waals surface area contributed by atoms with Crippen molar-refractivity contribution in [2.24, 2.45) is 0 Å². The Morgan fingerprint density at radius 3 is 2.06 bits per heavy atom. The number of aliphatic hydroxyl groups is 1. The third kappa shape index (κ3) is 16.9. The Morgan fingerprint density at radius 2 is 1.47 bits per heavy atom. The number of benzene rings is 1. The number of rotatable bonds is 24. The summed E-state index contributed by atoms with van der Waals surface area (Å²) < 4.78 is 26.8. The van der Waals surface area contributed by atoms with Crippen molar-refractivity contribution in [1.82, 2.24) is 5.32 Å². The monoisotopic (exact) mass is 701 g/mol. The summed E-state index contributed by atoms with van der Waals surface area (Å²) in [5.41, 5.74) is -1.85. The van der Waals surface area contributed by atoms with Gasteiger partial charge >= 0.3 is 11.9 Å². The quantitative estimate of drug-likeness (QED) is 0.0916. The number of carbonyl (C=O) groups excluding carboxylic acids is 5. The number of Topliss-reactive ketones (excluding diaryl/α,β-unsaturated/α-hetero) is 2. The minimum Gasteiger partial charge on any atom is -0.463 e. The van der Waals surface area contributed by atoms with Crippen LogP contribution in [0.2, 0.25) is 0 Å². The summed E-state index contributed by atoms with van der Waals surface area (Å²) >= 11 is 0. The zero-order chi connectivity index (χ0) is 35.6. The van der Waals surface area contributed by atoms with Crippen molar-refractivity contribution >= 4 is 51.0 Å². The van der Waals surface area contributed by atoms with Gasteiger partial charge in [0.2, 0.25) is 11.7 Å². The highest BCUT2D eigenvalue weighted by Gasteiger charge is 2.38. The third-order valence-electron chi connectivity index (χ3n) is 6.80. The molecule has 2 N–H and O–H groups in total. The van der Waals surface area contributed by atoms with Crippen molar-refractivity contribution in [2.45, 2.75) is 103 Å². The summed E-state index contributed by atoms with van der Waals surface area (Å²) in [6.07, 6.45) is -2.67. The molecule has 266 valence electrons. The van der Waals surface area contributed by atoms with Crippen LogP contribution < -0.4 is 5.32 Å². The highest BCUT2D eigenvalue weighted by atomic mass is 33.1. The van der Waals surface area contributed by atoms with Gasteiger partial charge in [-0.05, 0) is 60.5 Å². The minimum absolute atomic E-state index is 0.0161. The molecule has 1 rings (SSSR count). The molecule has 1 aromatic carbocycles. The first-order valence-electron chi connectivity index (χ1n) is 15.5. The molecule has 14 heteroatoms. The number of esters is 2. The van der Waals surface area contributed by atoms with E-state index in [0.29, 0.717) is 24.5 Å². The SMILES string of the molecule is COCCOC(=O)CCSSCCC(=O)NC(COC(C)(C)C(=O)C(C)OC(=O)C(C)OC(C)(C)C(=O)C(C)O)Cc1ccccc1. The van der Waals surface area contributed by atoms with E-state index in [9.17, 15) is 29.1 Å². The lowest BCUT2D eigenvalue weighted by Gasteiger charge is -2.31. The van der Waals surface area contributed by atoms with Crippen molar-refractivity contribution in [1.29, 1.82) is 0 Å². The Hall–Kier alpha value is -2.49. The highest BCUT2D eigenvalue weighted by molar-refractivity contribution is 8.76. The maximum atomic E-state index is 13.3. The molecule has 0 aliphatic heterocycles. The summed E-state index contributed by atoms with van der Waals surface area (Å²) in [5, 5.41) is 12.6. The Morgan fingerprint density at radius 1 is 0.851 bits per heavy atom. The first-order valence-corrected chi connectivity index (χ1v) is 18.0. The molecule has 4 atom stereocenters. The van der Waals surface area contributed by atoms with Gasteiger partial charge in [0.1, 0.15) is 23.9 Å². The molecule has 12 nitrogen and oxygen atoms in total. The van der Waals surface area contributed by atoms with Gasteiger partial charge in [-0.25, -0.2) is 4.79 Å². The van der Waals surface area contributed by atoms with Crippen LogP contribution in [-0.2, 0) is 54.1 Å². The van der Waals surface area contributed by atoms with E-state index in [2.05, 4.69) is 5.32 Å². The second-order valence-corrected chi connectivity index (χ2v) is 14.6. The fourth-order valence-corrected chi connectivity index (χ4v) is 6.24. The van der Waals surface area contributed by atoms with E-state index >= 15 is 0 Å². The summed E-state index contributed by atoms with van der Waals surface area (Å²) in [5.74, 6) is -1.32. The molecule has 47 heavy (non-hydrogen) atoms. The van der Waals surface area contributed by atoms with E-state index < -0.39 is 53.1 Å². The van der Waals surface area contributed by atoms with E-state index in [1.54, 1.807) is 13.8 Å². The van der Waals surface area contributed by atoms with Gasteiger partial charge in [0, 0.05) is 25.0 Å². The number of aliphatic hydroxyl groups excluding tert-OH is 1. The summed E-state index contributed by atoms with van der Waals surface area (Å²) in [4.78, 5) is 62.6. The fourth-order valence-electron chi connectivity index (χ4n) is 4.28. The first kappa shape index (κ1) is 42.5. The molecule has 0 aliphatic carbocycles. The van der Waals surface area contributed by atoms with Crippen LogP contribution >= 0.6 is 21.6 Å². The second kappa shape index (κ2) is 21.5. The van der Waals surface area contributed by atoms with E-state index in [0.717, 1.165) is 5.56 Å². The number of carbonyl (C=O) groups is 5. The van der Waals surface area contributed by atoms with E-state index in [4.69, 9.17) is 23.7 Å². The van der Waals surface area contributed by atoms with Crippen LogP contribution in [0.15, 0.2) is 30.3 Å². The molecule has 0 spiro atoms. The summed E-state index contributed by atoms with van der Waals surface area (Å²) in [6, 6.07) is 9.10. The molecule has 0 heterocycles. The van der Waals surface area contributed by atoms with Crippen molar-refractivity contribution in [2.75, 3.05) is 38.4 Å². The number of hydrogen-bond donors (Lipinski definition) is 2. The van der Waals surface area contributed by atoms with Crippen molar-refractivity contribution in [3.8, 4) is 0 Å². The fraction of sp³-hybridized carbons (Fsp3) is 0.667. The first-order chi connectivity index (χ1) is 22.0. The van der Waals surface area contributed by atoms with Crippen molar-refractivity contribution in [3.05, 3.63) is 35.9 Å². The molecular weight excluding hydrogens is 650 g/mol. The molecule has 0 radical (unpaired) electrons. The van der Waals surface area contributed by atoms with Gasteiger partial charge in [-0.1, -0.05) is 51.9 Å². The van der Waals surface area contributed by atoms with Crippen LogP contribution in [0, 0.1) is 0 Å². The smallest absolute Gasteiger partial charge is 0.335 e. The van der Waals surface area contributed by atoms with Crippen LogP contribution in [0.3, 0.4) is 0 Å². The maximum absolute atomic E-state index is 13.3. The van der Waals surface area contributed by atoms with E-state index in [1.165, 1.54) is 63.3 Å². The van der Waals surface area contributed by atoms with E-state index in [-0.39, 0.29) is 37.9 Å². The zero-order valence-electron chi connectivity index (χ0n) is 28.7. The molecule has 0 aliphatic rings. The molecule has 0 fully saturated rings. The van der Waals surface area contributed by atoms with Gasteiger partial charge in [-0.2, -0.15) is 0 Å². The normalized spacial score (nSPS) is 14.4. The number of hydrogen-bond acceptors (Lipinski definition) is 13. The van der Waals surface area contributed by atoms with Gasteiger partial charge in [-0.15, -0.1) is 0 Å². The van der Waals surface area contributed by atoms with Gasteiger partial charge in [-0.3, -0.25) is 19.2 Å². The highest BCUT2D eigenvalue weighted by Crippen LogP contribution is 2.23. The molecule has 4 unspecified atom stereocenters. The topological polar surface area (TPSA) is 164 Å². The molecular formula is C33H51NO11S2. The van der Waals surface area contributed by atoms with Gasteiger partial charge < -0.3 is 34.1 Å². The molecule has 0 saturated heterocycles. The van der Waals surface area contributed by atoms with Gasteiger partial charge in [0.25, 0.3) is 0 Å². The molecule has 1 aromatic rings. The van der Waals surface area contributed by atoms with Crippen LogP contribution in [0.5, 0.6) is 0 Å².